The van der Waals surface area contributed by atoms with Gasteiger partial charge in [-0.1, -0.05) is 41.5 Å². The first-order valence-electron chi connectivity index (χ1n) is 10.3. The van der Waals surface area contributed by atoms with Crippen molar-refractivity contribution in [2.75, 3.05) is 27.8 Å². The molecule has 0 N–H and O–H groups in total. The van der Waals surface area contributed by atoms with Gasteiger partial charge in [-0.15, -0.1) is 0 Å². The van der Waals surface area contributed by atoms with E-state index in [2.05, 4.69) is 46.5 Å². The predicted octanol–water partition coefficient (Wildman–Crippen LogP) is 4.54. The Labute approximate surface area is 186 Å². The van der Waals surface area contributed by atoms with Gasteiger partial charge in [0.25, 0.3) is 0 Å². The zero-order valence-electron chi connectivity index (χ0n) is 20.2. The lowest BCUT2D eigenvalue weighted by Gasteiger charge is -2.17. The minimum atomic E-state index is 0.0983. The van der Waals surface area contributed by atoms with Gasteiger partial charge in [-0.3, -0.25) is 4.98 Å². The first-order valence-corrected chi connectivity index (χ1v) is 10.3. The summed E-state index contributed by atoms with van der Waals surface area (Å²) in [7, 11) is 3.14. The number of ether oxygens (including phenoxy) is 4. The minimum Gasteiger partial charge on any atom is -0.618 e. The molecule has 0 fully saturated rings. The number of hydrogen-bond donors (Lipinski definition) is 0. The van der Waals surface area contributed by atoms with E-state index in [9.17, 15) is 5.21 Å². The van der Waals surface area contributed by atoms with Gasteiger partial charge >= 0.3 is 0 Å². The third-order valence-electron chi connectivity index (χ3n) is 3.87. The third-order valence-corrected chi connectivity index (χ3v) is 3.87. The van der Waals surface area contributed by atoms with Gasteiger partial charge in [-0.25, -0.2) is 0 Å². The second kappa shape index (κ2) is 12.5. The van der Waals surface area contributed by atoms with Crippen LogP contribution in [-0.4, -0.2) is 32.8 Å². The van der Waals surface area contributed by atoms with Gasteiger partial charge in [0, 0.05) is 32.4 Å². The highest BCUT2D eigenvalue weighted by molar-refractivity contribution is 5.20. The molecule has 0 aliphatic heterocycles. The van der Waals surface area contributed by atoms with E-state index in [0.29, 0.717) is 5.75 Å². The quantitative estimate of drug-likeness (QED) is 0.345. The second-order valence-corrected chi connectivity index (χ2v) is 9.74. The monoisotopic (exact) mass is 434 g/mol. The summed E-state index contributed by atoms with van der Waals surface area (Å²) in [6, 6.07) is 7.50. The number of hydrogen-bond acceptors (Lipinski definition) is 6. The van der Waals surface area contributed by atoms with Crippen LogP contribution in [0.3, 0.4) is 0 Å². The highest BCUT2D eigenvalue weighted by Gasteiger charge is 2.17. The molecule has 7 nitrogen and oxygen atoms in total. The zero-order valence-corrected chi connectivity index (χ0v) is 20.2. The molecule has 0 saturated heterocycles. The SMILES string of the molecule is COCOc1ccc(CC(C)(C)C)[n+]([O-])c1.COCOc1ccc(CC(C)(C)C)nc1. The molecule has 0 amide bonds. The standard InChI is InChI=1S/C12H19NO3.C12H19NO2/c1-12(2,3)7-10-5-6-11(8-13(10)14)16-9-15-4;1-12(2,3)7-10-5-6-11(8-13-10)15-9-14-4/h5-6,8H,7,9H2,1-4H3;5-6,8H,7,9H2,1-4H3. The van der Waals surface area contributed by atoms with Crippen LogP contribution in [0.25, 0.3) is 0 Å². The maximum absolute atomic E-state index is 11.7. The zero-order chi connectivity index (χ0) is 23.5. The van der Waals surface area contributed by atoms with Gasteiger partial charge < -0.3 is 24.2 Å². The molecule has 2 aromatic heterocycles. The molecule has 2 heterocycles. The maximum Gasteiger partial charge on any atom is 0.222 e. The van der Waals surface area contributed by atoms with E-state index in [-0.39, 0.29) is 24.4 Å². The molecule has 0 radical (unpaired) electrons. The Hall–Kier alpha value is -2.38. The van der Waals surface area contributed by atoms with Crippen molar-refractivity contribution in [3.05, 3.63) is 53.3 Å². The lowest BCUT2D eigenvalue weighted by atomic mass is 9.90. The Morgan fingerprint density at radius 1 is 0.806 bits per heavy atom. The number of rotatable bonds is 8. The van der Waals surface area contributed by atoms with Crippen LogP contribution >= 0.6 is 0 Å². The lowest BCUT2D eigenvalue weighted by Crippen LogP contribution is -2.33. The fourth-order valence-electron chi connectivity index (χ4n) is 2.66. The van der Waals surface area contributed by atoms with Crippen LogP contribution < -0.4 is 14.2 Å². The molecule has 0 aliphatic carbocycles. The molecule has 0 spiro atoms. The van der Waals surface area contributed by atoms with Gasteiger partial charge in [-0.2, -0.15) is 4.73 Å². The van der Waals surface area contributed by atoms with Crippen LogP contribution in [0.15, 0.2) is 36.7 Å². The maximum atomic E-state index is 11.7. The van der Waals surface area contributed by atoms with Gasteiger partial charge in [0.2, 0.25) is 6.20 Å². The van der Waals surface area contributed by atoms with E-state index in [1.54, 1.807) is 32.5 Å². The molecule has 2 rings (SSSR count). The van der Waals surface area contributed by atoms with Crippen LogP contribution in [0.2, 0.25) is 0 Å². The summed E-state index contributed by atoms with van der Waals surface area (Å²) in [6.45, 7) is 13.3. The molecule has 174 valence electrons. The normalized spacial score (nSPS) is 11.5. The van der Waals surface area contributed by atoms with E-state index < -0.39 is 0 Å². The molecule has 0 atom stereocenters. The fraction of sp³-hybridized carbons (Fsp3) is 0.583. The van der Waals surface area contributed by atoms with E-state index in [0.717, 1.165) is 34.7 Å². The highest BCUT2D eigenvalue weighted by Crippen LogP contribution is 2.21. The molecular formula is C24H38N2O5. The first-order chi connectivity index (χ1) is 14.4. The van der Waals surface area contributed by atoms with E-state index in [4.69, 9.17) is 18.9 Å². The van der Waals surface area contributed by atoms with Gasteiger partial charge in [0.15, 0.2) is 25.0 Å². The van der Waals surface area contributed by atoms with Crippen molar-refractivity contribution in [2.24, 2.45) is 10.8 Å². The van der Waals surface area contributed by atoms with E-state index in [1.807, 2.05) is 12.1 Å². The van der Waals surface area contributed by atoms with Crippen molar-refractivity contribution in [2.45, 2.75) is 54.4 Å². The summed E-state index contributed by atoms with van der Waals surface area (Å²) in [6.07, 6.45) is 4.87. The Bertz CT molecular complexity index is 765. The van der Waals surface area contributed by atoms with Crippen LogP contribution in [0.4, 0.5) is 0 Å². The average Bonchev–Trinajstić information content (AvgIpc) is 2.66. The van der Waals surface area contributed by atoms with Crippen molar-refractivity contribution in [3.8, 4) is 11.5 Å². The first kappa shape index (κ1) is 26.7. The van der Waals surface area contributed by atoms with Crippen molar-refractivity contribution in [3.63, 3.8) is 0 Å². The predicted molar refractivity (Wildman–Crippen MR) is 121 cm³/mol. The van der Waals surface area contributed by atoms with E-state index >= 15 is 0 Å². The van der Waals surface area contributed by atoms with Crippen molar-refractivity contribution < 1.29 is 23.7 Å². The summed E-state index contributed by atoms with van der Waals surface area (Å²) in [5.41, 5.74) is 2.20. The molecule has 0 unspecified atom stereocenters. The lowest BCUT2D eigenvalue weighted by molar-refractivity contribution is -0.615. The summed E-state index contributed by atoms with van der Waals surface area (Å²) in [5, 5.41) is 11.7. The molecule has 0 aliphatic rings. The number of nitrogens with zero attached hydrogens (tertiary/aromatic N) is 2. The molecular weight excluding hydrogens is 396 g/mol. The Morgan fingerprint density at radius 2 is 1.35 bits per heavy atom. The topological polar surface area (TPSA) is 76.8 Å². The van der Waals surface area contributed by atoms with Gasteiger partial charge in [0.05, 0.1) is 6.20 Å². The largest absolute Gasteiger partial charge is 0.618 e. The Kier molecular flexibility index (Phi) is 10.7. The van der Waals surface area contributed by atoms with Crippen LogP contribution in [0.1, 0.15) is 52.9 Å². The molecule has 2 aromatic rings. The van der Waals surface area contributed by atoms with Crippen LogP contribution in [-0.2, 0) is 22.3 Å². The Morgan fingerprint density at radius 3 is 1.81 bits per heavy atom. The Balaban J connectivity index is 0.000000311. The van der Waals surface area contributed by atoms with Crippen molar-refractivity contribution >= 4 is 0 Å². The minimum absolute atomic E-state index is 0.0983. The van der Waals surface area contributed by atoms with E-state index in [1.165, 1.54) is 6.20 Å². The molecule has 0 bridgehead atoms. The summed E-state index contributed by atoms with van der Waals surface area (Å²) < 4.78 is 20.9. The number of aromatic nitrogens is 2. The average molecular weight is 435 g/mol. The summed E-state index contributed by atoms with van der Waals surface area (Å²) in [4.78, 5) is 4.34. The fourth-order valence-corrected chi connectivity index (χ4v) is 2.66. The summed E-state index contributed by atoms with van der Waals surface area (Å²) >= 11 is 0. The summed E-state index contributed by atoms with van der Waals surface area (Å²) in [5.74, 6) is 1.27. The smallest absolute Gasteiger partial charge is 0.222 e. The highest BCUT2D eigenvalue weighted by atomic mass is 16.7. The molecule has 0 aromatic carbocycles. The molecule has 0 saturated carbocycles. The van der Waals surface area contributed by atoms with Crippen molar-refractivity contribution in [1.82, 2.24) is 4.98 Å². The molecule has 7 heteroatoms. The van der Waals surface area contributed by atoms with Gasteiger partial charge in [0.1, 0.15) is 5.75 Å². The second-order valence-electron chi connectivity index (χ2n) is 9.74. The third kappa shape index (κ3) is 12.2. The molecule has 31 heavy (non-hydrogen) atoms. The number of methoxy groups -OCH3 is 2. The van der Waals surface area contributed by atoms with Crippen LogP contribution in [0.5, 0.6) is 11.5 Å². The van der Waals surface area contributed by atoms with Crippen molar-refractivity contribution in [1.29, 1.82) is 0 Å². The number of pyridine rings is 2. The van der Waals surface area contributed by atoms with Gasteiger partial charge in [-0.05, 0) is 35.4 Å². The van der Waals surface area contributed by atoms with Crippen LogP contribution in [0, 0.1) is 16.0 Å².